The van der Waals surface area contributed by atoms with Crippen molar-refractivity contribution in [2.45, 2.75) is 50.1 Å². The van der Waals surface area contributed by atoms with Gasteiger partial charge < -0.3 is 4.74 Å². The number of halogens is 1. The molecule has 31 heavy (non-hydrogen) atoms. The second-order valence-corrected chi connectivity index (χ2v) is 10.4. The Labute approximate surface area is 184 Å². The van der Waals surface area contributed by atoms with E-state index in [1.807, 2.05) is 0 Å². The molecule has 0 N–H and O–H groups in total. The Morgan fingerprint density at radius 2 is 1.87 bits per heavy atom. The molecule has 0 saturated carbocycles. The topological polar surface area (TPSA) is 49.9 Å². The number of rotatable bonds is 7. The standard InChI is InChI=1S/C24H31FN2O3S/c1-19-7-8-23(17-24(19)25)31(28,29)27(22-10-15-30-16-11-22)13-4-12-26-14-9-20-5-2-3-6-21(20)18-26/h2-3,5-8,17,22H,4,9-16,18H2,1H3. The fourth-order valence-electron chi connectivity index (χ4n) is 4.54. The molecule has 1 fully saturated rings. The summed E-state index contributed by atoms with van der Waals surface area (Å²) in [6, 6.07) is 12.6. The highest BCUT2D eigenvalue weighted by Gasteiger charge is 2.33. The molecule has 2 heterocycles. The zero-order valence-corrected chi connectivity index (χ0v) is 18.9. The lowest BCUT2D eigenvalue weighted by atomic mass is 10.00. The first-order chi connectivity index (χ1) is 14.9. The third-order valence-electron chi connectivity index (χ3n) is 6.41. The maximum Gasteiger partial charge on any atom is 0.243 e. The molecule has 5 nitrogen and oxygen atoms in total. The quantitative estimate of drug-likeness (QED) is 0.650. The molecule has 4 rings (SSSR count). The van der Waals surface area contributed by atoms with Crippen LogP contribution in [0.3, 0.4) is 0 Å². The second kappa shape index (κ2) is 9.77. The van der Waals surface area contributed by atoms with Gasteiger partial charge >= 0.3 is 0 Å². The Morgan fingerprint density at radius 1 is 1.13 bits per heavy atom. The maximum absolute atomic E-state index is 14.1. The van der Waals surface area contributed by atoms with Crippen LogP contribution in [-0.2, 0) is 27.7 Å². The molecule has 2 aromatic rings. The van der Waals surface area contributed by atoms with Gasteiger partial charge in [0.25, 0.3) is 0 Å². The summed E-state index contributed by atoms with van der Waals surface area (Å²) in [4.78, 5) is 2.43. The number of benzene rings is 2. The van der Waals surface area contributed by atoms with E-state index in [9.17, 15) is 12.8 Å². The van der Waals surface area contributed by atoms with Gasteiger partial charge in [-0.15, -0.1) is 0 Å². The number of fused-ring (bicyclic) bond motifs is 1. The molecular formula is C24H31FN2O3S. The van der Waals surface area contributed by atoms with Crippen molar-refractivity contribution < 1.29 is 17.5 Å². The zero-order valence-electron chi connectivity index (χ0n) is 18.1. The van der Waals surface area contributed by atoms with Crippen molar-refractivity contribution in [2.24, 2.45) is 0 Å². The molecule has 0 unspecified atom stereocenters. The van der Waals surface area contributed by atoms with Crippen molar-refractivity contribution in [3.05, 3.63) is 65.0 Å². The van der Waals surface area contributed by atoms with Crippen LogP contribution in [0.2, 0.25) is 0 Å². The van der Waals surface area contributed by atoms with Crippen LogP contribution in [0.4, 0.5) is 4.39 Å². The summed E-state index contributed by atoms with van der Waals surface area (Å²) in [7, 11) is -3.77. The maximum atomic E-state index is 14.1. The molecule has 2 aliphatic rings. The van der Waals surface area contributed by atoms with Crippen LogP contribution in [0.25, 0.3) is 0 Å². The lowest BCUT2D eigenvalue weighted by Crippen LogP contribution is -2.44. The average molecular weight is 447 g/mol. The Morgan fingerprint density at radius 3 is 2.61 bits per heavy atom. The van der Waals surface area contributed by atoms with Gasteiger partial charge in [0, 0.05) is 38.9 Å². The predicted octanol–water partition coefficient (Wildman–Crippen LogP) is 3.75. The van der Waals surface area contributed by atoms with E-state index < -0.39 is 15.8 Å². The number of aryl methyl sites for hydroxylation is 1. The Balaban J connectivity index is 1.46. The van der Waals surface area contributed by atoms with E-state index in [0.29, 0.717) is 38.2 Å². The first kappa shape index (κ1) is 22.4. The summed E-state index contributed by atoms with van der Waals surface area (Å²) in [5.41, 5.74) is 3.21. The van der Waals surface area contributed by atoms with Crippen LogP contribution in [0.5, 0.6) is 0 Å². The average Bonchev–Trinajstić information content (AvgIpc) is 2.79. The molecular weight excluding hydrogens is 415 g/mol. The van der Waals surface area contributed by atoms with Crippen molar-refractivity contribution in [3.8, 4) is 0 Å². The van der Waals surface area contributed by atoms with Crippen LogP contribution in [0, 0.1) is 12.7 Å². The second-order valence-electron chi connectivity index (χ2n) is 8.52. The van der Waals surface area contributed by atoms with Gasteiger partial charge in [0.2, 0.25) is 10.0 Å². The molecule has 0 aromatic heterocycles. The van der Waals surface area contributed by atoms with Crippen molar-refractivity contribution in [3.63, 3.8) is 0 Å². The van der Waals surface area contributed by atoms with Gasteiger partial charge in [-0.1, -0.05) is 30.3 Å². The zero-order chi connectivity index (χ0) is 21.8. The van der Waals surface area contributed by atoms with Gasteiger partial charge in [-0.3, -0.25) is 4.90 Å². The van der Waals surface area contributed by atoms with Gasteiger partial charge in [0.1, 0.15) is 5.82 Å². The largest absolute Gasteiger partial charge is 0.381 e. The fourth-order valence-corrected chi connectivity index (χ4v) is 6.27. The van der Waals surface area contributed by atoms with Gasteiger partial charge in [0.15, 0.2) is 0 Å². The molecule has 2 aromatic carbocycles. The third kappa shape index (κ3) is 5.17. The van der Waals surface area contributed by atoms with Crippen molar-refractivity contribution >= 4 is 10.0 Å². The van der Waals surface area contributed by atoms with Crippen molar-refractivity contribution in [1.82, 2.24) is 9.21 Å². The Bertz CT molecular complexity index is 1010. The molecule has 7 heteroatoms. The number of ether oxygens (including phenoxy) is 1. The van der Waals surface area contributed by atoms with Crippen molar-refractivity contribution in [1.29, 1.82) is 0 Å². The van der Waals surface area contributed by atoms with Gasteiger partial charge in [-0.25, -0.2) is 12.8 Å². The number of hydrogen-bond acceptors (Lipinski definition) is 4. The minimum atomic E-state index is -3.77. The SMILES string of the molecule is Cc1ccc(S(=O)(=O)N(CCCN2CCc3ccccc3C2)C2CCOCC2)cc1F. The lowest BCUT2D eigenvalue weighted by Gasteiger charge is -2.34. The molecule has 0 spiro atoms. The summed E-state index contributed by atoms with van der Waals surface area (Å²) >= 11 is 0. The fraction of sp³-hybridized carbons (Fsp3) is 0.500. The molecule has 0 aliphatic carbocycles. The van der Waals surface area contributed by atoms with Crippen LogP contribution in [0.15, 0.2) is 47.4 Å². The van der Waals surface area contributed by atoms with Crippen LogP contribution in [0.1, 0.15) is 36.0 Å². The highest BCUT2D eigenvalue weighted by Crippen LogP contribution is 2.26. The normalized spacial score (nSPS) is 18.3. The minimum absolute atomic E-state index is 0.0361. The minimum Gasteiger partial charge on any atom is -0.381 e. The summed E-state index contributed by atoms with van der Waals surface area (Å²) < 4.78 is 48.1. The molecule has 0 bridgehead atoms. The Kier molecular flexibility index (Phi) is 7.06. The first-order valence-electron chi connectivity index (χ1n) is 11.1. The van der Waals surface area contributed by atoms with Crippen LogP contribution < -0.4 is 0 Å². The smallest absolute Gasteiger partial charge is 0.243 e. The number of nitrogens with zero attached hydrogens (tertiary/aromatic N) is 2. The van der Waals surface area contributed by atoms with E-state index in [2.05, 4.69) is 29.2 Å². The van der Waals surface area contributed by atoms with E-state index in [1.165, 1.54) is 23.3 Å². The summed E-state index contributed by atoms with van der Waals surface area (Å²) in [6.07, 6.45) is 3.11. The van der Waals surface area contributed by atoms with E-state index in [1.54, 1.807) is 11.2 Å². The third-order valence-corrected chi connectivity index (χ3v) is 8.36. The monoisotopic (exact) mass is 446 g/mol. The molecule has 0 radical (unpaired) electrons. The molecule has 168 valence electrons. The van der Waals surface area contributed by atoms with Crippen molar-refractivity contribution in [2.75, 3.05) is 32.8 Å². The summed E-state index contributed by atoms with van der Waals surface area (Å²) in [5.74, 6) is -0.486. The van der Waals surface area contributed by atoms with Gasteiger partial charge in [-0.2, -0.15) is 4.31 Å². The summed E-state index contributed by atoms with van der Waals surface area (Å²) in [6.45, 7) is 5.92. The van der Waals surface area contributed by atoms with E-state index >= 15 is 0 Å². The predicted molar refractivity (Wildman–Crippen MR) is 119 cm³/mol. The summed E-state index contributed by atoms with van der Waals surface area (Å²) in [5, 5.41) is 0. The number of hydrogen-bond donors (Lipinski definition) is 0. The molecule has 0 atom stereocenters. The van der Waals surface area contributed by atoms with Gasteiger partial charge in [-0.05, 0) is 68.0 Å². The van der Waals surface area contributed by atoms with E-state index in [4.69, 9.17) is 4.74 Å². The van der Waals surface area contributed by atoms with E-state index in [0.717, 1.165) is 38.5 Å². The van der Waals surface area contributed by atoms with E-state index in [-0.39, 0.29) is 10.9 Å². The highest BCUT2D eigenvalue weighted by atomic mass is 32.2. The number of sulfonamides is 1. The van der Waals surface area contributed by atoms with Gasteiger partial charge in [0.05, 0.1) is 4.90 Å². The Hall–Kier alpha value is -1.80. The molecule has 2 aliphatic heterocycles. The van der Waals surface area contributed by atoms with Crippen LogP contribution in [-0.4, -0.2) is 56.5 Å². The molecule has 0 amide bonds. The first-order valence-corrected chi connectivity index (χ1v) is 12.5. The lowest BCUT2D eigenvalue weighted by molar-refractivity contribution is 0.0575. The van der Waals surface area contributed by atoms with Crippen LogP contribution >= 0.6 is 0 Å². The molecule has 1 saturated heterocycles. The highest BCUT2D eigenvalue weighted by molar-refractivity contribution is 7.89.